The quantitative estimate of drug-likeness (QED) is 0.826. The molecule has 1 unspecified atom stereocenters. The monoisotopic (exact) mass is 269 g/mol. The molecule has 0 aliphatic heterocycles. The summed E-state index contributed by atoms with van der Waals surface area (Å²) in [6, 6.07) is 8.76. The second-order valence-corrected chi connectivity index (χ2v) is 6.90. The summed E-state index contributed by atoms with van der Waals surface area (Å²) in [5.74, 6) is 0.191. The summed E-state index contributed by atoms with van der Waals surface area (Å²) in [7, 11) is -2.88. The van der Waals surface area contributed by atoms with E-state index in [9.17, 15) is 8.42 Å². The lowest BCUT2D eigenvalue weighted by atomic mass is 10.0. The molecule has 0 saturated heterocycles. The molecule has 4 heteroatoms. The first-order valence-corrected chi connectivity index (χ1v) is 8.52. The molecule has 0 aliphatic carbocycles. The average Bonchev–Trinajstić information content (AvgIpc) is 2.34. The number of aryl methyl sites for hydroxylation is 1. The van der Waals surface area contributed by atoms with Crippen LogP contribution in [0, 0.1) is 0 Å². The van der Waals surface area contributed by atoms with Gasteiger partial charge >= 0.3 is 0 Å². The Balaban J connectivity index is 2.59. The number of hydrogen-bond acceptors (Lipinski definition) is 3. The second kappa shape index (κ2) is 6.90. The normalized spacial score (nSPS) is 13.5. The molecule has 0 saturated carbocycles. The standard InChI is InChI=1S/C14H23NO2S/c1-4-12-6-8-13(9-7-12)14(5-2)15-10-11-18(3,16)17/h6-9,14-15H,4-5,10-11H2,1-3H3. The summed E-state index contributed by atoms with van der Waals surface area (Å²) >= 11 is 0. The van der Waals surface area contributed by atoms with Gasteiger partial charge in [0.15, 0.2) is 0 Å². The van der Waals surface area contributed by atoms with Gasteiger partial charge in [-0.05, 0) is 24.0 Å². The highest BCUT2D eigenvalue weighted by Crippen LogP contribution is 2.17. The molecule has 1 rings (SSSR count). The Morgan fingerprint density at radius 1 is 1.17 bits per heavy atom. The van der Waals surface area contributed by atoms with Crippen molar-refractivity contribution in [3.05, 3.63) is 35.4 Å². The maximum atomic E-state index is 11.1. The fourth-order valence-electron chi connectivity index (χ4n) is 1.90. The molecular formula is C14H23NO2S. The number of sulfone groups is 1. The zero-order valence-corrected chi connectivity index (χ0v) is 12.3. The van der Waals surface area contributed by atoms with E-state index in [1.54, 1.807) is 0 Å². The number of rotatable bonds is 7. The molecule has 0 aliphatic rings. The molecule has 0 fully saturated rings. The molecule has 0 aromatic heterocycles. The van der Waals surface area contributed by atoms with E-state index in [4.69, 9.17) is 0 Å². The highest BCUT2D eigenvalue weighted by molar-refractivity contribution is 7.90. The van der Waals surface area contributed by atoms with E-state index >= 15 is 0 Å². The van der Waals surface area contributed by atoms with Crippen LogP contribution in [0.2, 0.25) is 0 Å². The predicted molar refractivity (Wildman–Crippen MR) is 76.6 cm³/mol. The van der Waals surface area contributed by atoms with Crippen molar-refractivity contribution in [3.63, 3.8) is 0 Å². The summed E-state index contributed by atoms with van der Waals surface area (Å²) in [6.07, 6.45) is 3.26. The molecular weight excluding hydrogens is 246 g/mol. The minimum absolute atomic E-state index is 0.191. The first-order valence-electron chi connectivity index (χ1n) is 6.46. The highest BCUT2D eigenvalue weighted by Gasteiger charge is 2.09. The molecule has 0 radical (unpaired) electrons. The van der Waals surface area contributed by atoms with Crippen LogP contribution in [0.1, 0.15) is 37.4 Å². The van der Waals surface area contributed by atoms with Crippen LogP contribution in [0.3, 0.4) is 0 Å². The van der Waals surface area contributed by atoms with Crippen molar-refractivity contribution in [2.45, 2.75) is 32.7 Å². The van der Waals surface area contributed by atoms with Gasteiger partial charge in [0.2, 0.25) is 0 Å². The highest BCUT2D eigenvalue weighted by atomic mass is 32.2. The molecule has 102 valence electrons. The van der Waals surface area contributed by atoms with Crippen molar-refractivity contribution < 1.29 is 8.42 Å². The van der Waals surface area contributed by atoms with Crippen molar-refractivity contribution in [3.8, 4) is 0 Å². The van der Waals surface area contributed by atoms with E-state index in [1.807, 2.05) is 0 Å². The Morgan fingerprint density at radius 3 is 2.22 bits per heavy atom. The van der Waals surface area contributed by atoms with Gasteiger partial charge in [-0.15, -0.1) is 0 Å². The van der Waals surface area contributed by atoms with Crippen LogP contribution in [0.25, 0.3) is 0 Å². The summed E-state index contributed by atoms with van der Waals surface area (Å²) in [4.78, 5) is 0. The first kappa shape index (κ1) is 15.2. The van der Waals surface area contributed by atoms with E-state index in [0.717, 1.165) is 12.8 Å². The van der Waals surface area contributed by atoms with Gasteiger partial charge in [-0.25, -0.2) is 8.42 Å². The summed E-state index contributed by atoms with van der Waals surface area (Å²) in [5.41, 5.74) is 2.55. The van der Waals surface area contributed by atoms with E-state index in [0.29, 0.717) is 6.54 Å². The lowest BCUT2D eigenvalue weighted by molar-refractivity contribution is 0.532. The van der Waals surface area contributed by atoms with Gasteiger partial charge in [-0.2, -0.15) is 0 Å². The van der Waals surface area contributed by atoms with Gasteiger partial charge in [-0.3, -0.25) is 0 Å². The average molecular weight is 269 g/mol. The lowest BCUT2D eigenvalue weighted by Crippen LogP contribution is -2.26. The summed E-state index contributed by atoms with van der Waals surface area (Å²) in [6.45, 7) is 4.75. The zero-order chi connectivity index (χ0) is 13.6. The molecule has 1 N–H and O–H groups in total. The maximum absolute atomic E-state index is 11.1. The second-order valence-electron chi connectivity index (χ2n) is 4.64. The van der Waals surface area contributed by atoms with Crippen LogP contribution >= 0.6 is 0 Å². The molecule has 0 amide bonds. The third-order valence-electron chi connectivity index (χ3n) is 3.06. The van der Waals surface area contributed by atoms with Crippen molar-refractivity contribution >= 4 is 9.84 Å². The van der Waals surface area contributed by atoms with Crippen molar-refractivity contribution in [2.75, 3.05) is 18.6 Å². The van der Waals surface area contributed by atoms with Gasteiger partial charge in [0.05, 0.1) is 5.75 Å². The van der Waals surface area contributed by atoms with E-state index in [-0.39, 0.29) is 11.8 Å². The third kappa shape index (κ3) is 5.19. The molecule has 1 aromatic carbocycles. The van der Waals surface area contributed by atoms with Crippen LogP contribution in [0.5, 0.6) is 0 Å². The molecule has 18 heavy (non-hydrogen) atoms. The predicted octanol–water partition coefficient (Wildman–Crippen LogP) is 2.33. The van der Waals surface area contributed by atoms with Gasteiger partial charge in [0, 0.05) is 18.8 Å². The minimum Gasteiger partial charge on any atom is -0.309 e. The Labute approximate surface area is 111 Å². The zero-order valence-electron chi connectivity index (χ0n) is 11.4. The number of benzene rings is 1. The molecule has 3 nitrogen and oxygen atoms in total. The van der Waals surface area contributed by atoms with Gasteiger partial charge in [-0.1, -0.05) is 38.1 Å². The van der Waals surface area contributed by atoms with Crippen molar-refractivity contribution in [1.82, 2.24) is 5.32 Å². The van der Waals surface area contributed by atoms with E-state index < -0.39 is 9.84 Å². The summed E-state index contributed by atoms with van der Waals surface area (Å²) in [5, 5.41) is 3.30. The lowest BCUT2D eigenvalue weighted by Gasteiger charge is -2.17. The largest absolute Gasteiger partial charge is 0.309 e. The smallest absolute Gasteiger partial charge is 0.148 e. The minimum atomic E-state index is -2.88. The third-order valence-corrected chi connectivity index (χ3v) is 4.01. The topological polar surface area (TPSA) is 46.2 Å². The van der Waals surface area contributed by atoms with Crippen LogP contribution in [0.15, 0.2) is 24.3 Å². The van der Waals surface area contributed by atoms with Gasteiger partial charge in [0.1, 0.15) is 9.84 Å². The van der Waals surface area contributed by atoms with Crippen LogP contribution < -0.4 is 5.32 Å². The van der Waals surface area contributed by atoms with Crippen LogP contribution in [-0.4, -0.2) is 27.0 Å². The first-order chi connectivity index (χ1) is 8.46. The molecule has 0 bridgehead atoms. The SMILES string of the molecule is CCc1ccc(C(CC)NCCS(C)(=O)=O)cc1. The number of nitrogens with one attached hydrogen (secondary N) is 1. The maximum Gasteiger partial charge on any atom is 0.148 e. The number of hydrogen-bond donors (Lipinski definition) is 1. The van der Waals surface area contributed by atoms with Crippen molar-refractivity contribution in [1.29, 1.82) is 0 Å². The Hall–Kier alpha value is -0.870. The van der Waals surface area contributed by atoms with Gasteiger partial charge < -0.3 is 5.32 Å². The summed E-state index contributed by atoms with van der Waals surface area (Å²) < 4.78 is 22.2. The molecule has 1 aromatic rings. The van der Waals surface area contributed by atoms with Crippen molar-refractivity contribution in [2.24, 2.45) is 0 Å². The van der Waals surface area contributed by atoms with E-state index in [1.165, 1.54) is 17.4 Å². The Morgan fingerprint density at radius 2 is 1.78 bits per heavy atom. The Bertz CT molecular complexity index is 451. The van der Waals surface area contributed by atoms with E-state index in [2.05, 4.69) is 43.4 Å². The van der Waals surface area contributed by atoms with Gasteiger partial charge in [0.25, 0.3) is 0 Å². The molecule has 0 heterocycles. The fourth-order valence-corrected chi connectivity index (χ4v) is 2.39. The van der Waals surface area contributed by atoms with Crippen LogP contribution in [-0.2, 0) is 16.3 Å². The molecule has 1 atom stereocenters. The fraction of sp³-hybridized carbons (Fsp3) is 0.571. The molecule has 0 spiro atoms. The van der Waals surface area contributed by atoms with Crippen LogP contribution in [0.4, 0.5) is 0 Å². The Kier molecular flexibility index (Phi) is 5.82.